The van der Waals surface area contributed by atoms with Crippen molar-refractivity contribution in [2.45, 2.75) is 51.3 Å². The third-order valence-electron chi connectivity index (χ3n) is 3.92. The van der Waals surface area contributed by atoms with Crippen molar-refractivity contribution in [3.63, 3.8) is 0 Å². The Labute approximate surface area is 104 Å². The Balaban J connectivity index is 1.85. The van der Waals surface area contributed by atoms with Crippen molar-refractivity contribution in [1.82, 2.24) is 10.2 Å². The second kappa shape index (κ2) is 5.36. The molecule has 0 aliphatic carbocycles. The Bertz CT molecular complexity index is 281. The van der Waals surface area contributed by atoms with Crippen LogP contribution in [-0.4, -0.2) is 49.2 Å². The quantitative estimate of drug-likeness (QED) is 0.800. The number of carbonyl (C=O) groups is 1. The molecule has 2 fully saturated rings. The highest BCUT2D eigenvalue weighted by Gasteiger charge is 2.33. The van der Waals surface area contributed by atoms with Crippen LogP contribution in [0.3, 0.4) is 0 Å². The topological polar surface area (TPSA) is 41.6 Å². The van der Waals surface area contributed by atoms with Crippen molar-refractivity contribution >= 4 is 5.91 Å². The number of ether oxygens (including phenoxy) is 1. The molecular weight excluding hydrogens is 216 g/mol. The zero-order chi connectivity index (χ0) is 12.4. The Morgan fingerprint density at radius 3 is 2.76 bits per heavy atom. The highest BCUT2D eigenvalue weighted by molar-refractivity contribution is 5.83. The lowest BCUT2D eigenvalue weighted by Gasteiger charge is -2.33. The number of nitrogens with zero attached hydrogens (tertiary/aromatic N) is 1. The first kappa shape index (κ1) is 12.8. The number of likely N-dealkylation sites (N-methyl/N-ethyl adjacent to an activating group) is 1. The summed E-state index contributed by atoms with van der Waals surface area (Å²) in [5.74, 6) is 0.805. The maximum Gasteiger partial charge on any atom is 0.239 e. The summed E-state index contributed by atoms with van der Waals surface area (Å²) in [6, 6.07) is 0.479. The molecule has 2 rings (SSSR count). The first-order chi connectivity index (χ1) is 8.08. The van der Waals surface area contributed by atoms with Crippen LogP contribution in [0.25, 0.3) is 0 Å². The molecule has 98 valence electrons. The largest absolute Gasteiger partial charge is 0.378 e. The van der Waals surface area contributed by atoms with Crippen LogP contribution >= 0.6 is 0 Å². The van der Waals surface area contributed by atoms with E-state index in [1.807, 2.05) is 11.9 Å². The van der Waals surface area contributed by atoms with Gasteiger partial charge in [-0.3, -0.25) is 4.79 Å². The fourth-order valence-corrected chi connectivity index (χ4v) is 2.71. The Hall–Kier alpha value is -0.610. The van der Waals surface area contributed by atoms with E-state index in [0.717, 1.165) is 32.4 Å². The lowest BCUT2D eigenvalue weighted by atomic mass is 9.95. The first-order valence-corrected chi connectivity index (χ1v) is 6.70. The van der Waals surface area contributed by atoms with Gasteiger partial charge in [0.15, 0.2) is 0 Å². The number of likely N-dealkylation sites (tertiary alicyclic amines) is 1. The number of hydrogen-bond acceptors (Lipinski definition) is 3. The van der Waals surface area contributed by atoms with Gasteiger partial charge in [0, 0.05) is 26.2 Å². The van der Waals surface area contributed by atoms with Crippen LogP contribution in [0.1, 0.15) is 33.1 Å². The average Bonchev–Trinajstić information content (AvgIpc) is 2.61. The van der Waals surface area contributed by atoms with E-state index in [2.05, 4.69) is 19.2 Å². The molecule has 0 aromatic carbocycles. The molecule has 2 saturated heterocycles. The van der Waals surface area contributed by atoms with E-state index in [-0.39, 0.29) is 11.9 Å². The molecule has 3 unspecified atom stereocenters. The molecule has 0 bridgehead atoms. The van der Waals surface area contributed by atoms with E-state index in [1.165, 1.54) is 0 Å². The molecule has 3 atom stereocenters. The van der Waals surface area contributed by atoms with Crippen LogP contribution < -0.4 is 5.32 Å². The molecule has 4 heteroatoms. The maximum absolute atomic E-state index is 11.8. The Morgan fingerprint density at radius 1 is 1.41 bits per heavy atom. The van der Waals surface area contributed by atoms with Crippen molar-refractivity contribution in [3.8, 4) is 0 Å². The number of rotatable bonds is 3. The summed E-state index contributed by atoms with van der Waals surface area (Å²) in [6.07, 6.45) is 3.34. The highest BCUT2D eigenvalue weighted by atomic mass is 16.5. The molecular formula is C13H24N2O2. The van der Waals surface area contributed by atoms with E-state index in [9.17, 15) is 4.79 Å². The fraction of sp³-hybridized carbons (Fsp3) is 0.923. The molecule has 0 radical (unpaired) electrons. The summed E-state index contributed by atoms with van der Waals surface area (Å²) in [4.78, 5) is 13.6. The number of amides is 1. The minimum Gasteiger partial charge on any atom is -0.378 e. The molecule has 17 heavy (non-hydrogen) atoms. The highest BCUT2D eigenvalue weighted by Crippen LogP contribution is 2.21. The molecule has 0 aromatic heterocycles. The molecule has 1 N–H and O–H groups in total. The molecule has 2 aliphatic heterocycles. The third kappa shape index (κ3) is 2.99. The summed E-state index contributed by atoms with van der Waals surface area (Å²) in [5.41, 5.74) is 0. The van der Waals surface area contributed by atoms with Crippen LogP contribution in [0.4, 0.5) is 0 Å². The fourth-order valence-electron chi connectivity index (χ4n) is 2.71. The van der Waals surface area contributed by atoms with Crippen molar-refractivity contribution in [2.24, 2.45) is 5.92 Å². The Kier molecular flexibility index (Phi) is 4.05. The predicted octanol–water partition coefficient (Wildman–Crippen LogP) is 1.01. The maximum atomic E-state index is 11.8. The minimum atomic E-state index is 0.0379. The SMILES string of the molecule is CC(C)C1CC(NC2CCN(C)C2=O)CCO1. The zero-order valence-corrected chi connectivity index (χ0v) is 11.1. The van der Waals surface area contributed by atoms with Gasteiger partial charge in [-0.15, -0.1) is 0 Å². The first-order valence-electron chi connectivity index (χ1n) is 6.70. The molecule has 2 aliphatic rings. The van der Waals surface area contributed by atoms with Gasteiger partial charge in [0.05, 0.1) is 12.1 Å². The summed E-state index contributed by atoms with van der Waals surface area (Å²) < 4.78 is 5.75. The van der Waals surface area contributed by atoms with Gasteiger partial charge in [-0.1, -0.05) is 13.8 Å². The van der Waals surface area contributed by atoms with Gasteiger partial charge in [0.1, 0.15) is 0 Å². The molecule has 0 aromatic rings. The van der Waals surface area contributed by atoms with Gasteiger partial charge in [-0.25, -0.2) is 0 Å². The summed E-state index contributed by atoms with van der Waals surface area (Å²) in [7, 11) is 1.88. The zero-order valence-electron chi connectivity index (χ0n) is 11.1. The van der Waals surface area contributed by atoms with Gasteiger partial charge in [-0.05, 0) is 25.2 Å². The monoisotopic (exact) mass is 240 g/mol. The van der Waals surface area contributed by atoms with Crippen LogP contribution in [0.2, 0.25) is 0 Å². The number of carbonyl (C=O) groups excluding carboxylic acids is 1. The van der Waals surface area contributed by atoms with Crippen LogP contribution in [0, 0.1) is 5.92 Å². The summed E-state index contributed by atoms with van der Waals surface area (Å²) in [6.45, 7) is 6.09. The molecule has 1 amide bonds. The normalized spacial score (nSPS) is 34.7. The standard InChI is InChI=1S/C13H24N2O2/c1-9(2)12-8-10(5-7-17-12)14-11-4-6-15(3)13(11)16/h9-12,14H,4-8H2,1-3H3. The van der Waals surface area contributed by atoms with Gasteiger partial charge < -0.3 is 15.0 Å². The second-order valence-electron chi connectivity index (χ2n) is 5.64. The van der Waals surface area contributed by atoms with E-state index < -0.39 is 0 Å². The van der Waals surface area contributed by atoms with Crippen molar-refractivity contribution in [2.75, 3.05) is 20.2 Å². The number of nitrogens with one attached hydrogen (secondary N) is 1. The Morgan fingerprint density at radius 2 is 2.18 bits per heavy atom. The van der Waals surface area contributed by atoms with Crippen LogP contribution in [0.5, 0.6) is 0 Å². The van der Waals surface area contributed by atoms with E-state index in [4.69, 9.17) is 4.74 Å². The minimum absolute atomic E-state index is 0.0379. The van der Waals surface area contributed by atoms with Gasteiger partial charge >= 0.3 is 0 Å². The molecule has 4 nitrogen and oxygen atoms in total. The molecule has 0 spiro atoms. The lowest BCUT2D eigenvalue weighted by Crippen LogP contribution is -2.47. The third-order valence-corrected chi connectivity index (χ3v) is 3.92. The summed E-state index contributed by atoms with van der Waals surface area (Å²) >= 11 is 0. The predicted molar refractivity (Wildman–Crippen MR) is 66.8 cm³/mol. The van der Waals surface area contributed by atoms with Gasteiger partial charge in [0.2, 0.25) is 5.91 Å². The van der Waals surface area contributed by atoms with Crippen molar-refractivity contribution < 1.29 is 9.53 Å². The van der Waals surface area contributed by atoms with Crippen LogP contribution in [-0.2, 0) is 9.53 Å². The number of hydrogen-bond donors (Lipinski definition) is 1. The van der Waals surface area contributed by atoms with Crippen molar-refractivity contribution in [1.29, 1.82) is 0 Å². The summed E-state index contributed by atoms with van der Waals surface area (Å²) in [5, 5.41) is 3.51. The van der Waals surface area contributed by atoms with Crippen LogP contribution in [0.15, 0.2) is 0 Å². The van der Waals surface area contributed by atoms with Gasteiger partial charge in [0.25, 0.3) is 0 Å². The average molecular weight is 240 g/mol. The van der Waals surface area contributed by atoms with E-state index in [1.54, 1.807) is 0 Å². The molecule has 0 saturated carbocycles. The van der Waals surface area contributed by atoms with E-state index >= 15 is 0 Å². The smallest absolute Gasteiger partial charge is 0.239 e. The van der Waals surface area contributed by atoms with Gasteiger partial charge in [-0.2, -0.15) is 0 Å². The van der Waals surface area contributed by atoms with Crippen molar-refractivity contribution in [3.05, 3.63) is 0 Å². The molecule has 2 heterocycles. The second-order valence-corrected chi connectivity index (χ2v) is 5.64. The van der Waals surface area contributed by atoms with E-state index in [0.29, 0.717) is 18.1 Å². The lowest BCUT2D eigenvalue weighted by molar-refractivity contribution is -0.128.